The van der Waals surface area contributed by atoms with E-state index < -0.39 is 13.7 Å². The number of aliphatic hydroxyl groups excluding tert-OH is 1. The fourth-order valence-electron chi connectivity index (χ4n) is 7.55. The molecule has 214 valence electrons. The van der Waals surface area contributed by atoms with Crippen LogP contribution in [0.3, 0.4) is 0 Å². The van der Waals surface area contributed by atoms with Crippen LogP contribution in [-0.4, -0.2) is 51.4 Å². The van der Waals surface area contributed by atoms with Crippen molar-refractivity contribution in [3.63, 3.8) is 0 Å². The first-order valence-corrected chi connectivity index (χ1v) is 17.6. The molecule has 3 aromatic rings. The molecule has 2 saturated heterocycles. The van der Waals surface area contributed by atoms with E-state index in [1.807, 2.05) is 65.6 Å². The van der Waals surface area contributed by atoms with Crippen molar-refractivity contribution < 1.29 is 24.2 Å². The number of fused-ring (bicyclic) bond motifs is 2. The van der Waals surface area contributed by atoms with Crippen molar-refractivity contribution in [1.29, 1.82) is 0 Å². The molecule has 0 aliphatic carbocycles. The average molecular weight is 571 g/mol. The summed E-state index contributed by atoms with van der Waals surface area (Å²) in [6.07, 6.45) is 1.50. The minimum absolute atomic E-state index is 0.0250. The standard InChI is InChI=1S/C33H38N2O5Si/c1-22-31(41(3,4)26-15-13-25(39-2)14-16-26)29(18-20-36)40-33(22)27-21-24(34-19-8-11-30(34)37)12-17-28(27)35(32(33)38)23-9-6-5-7-10-23/h5-7,9-10,12-17,21-22,29,31,36H,8,11,18-20H2,1-4H3/t22-,29+,31-,33+/m0/s1. The molecule has 1 N–H and O–H groups in total. The number of carbonyl (C=O) groups is 2. The molecule has 1 spiro atoms. The Morgan fingerprint density at radius 3 is 2.39 bits per heavy atom. The van der Waals surface area contributed by atoms with E-state index in [4.69, 9.17) is 9.47 Å². The summed E-state index contributed by atoms with van der Waals surface area (Å²) in [7, 11) is -0.604. The van der Waals surface area contributed by atoms with Crippen molar-refractivity contribution in [1.82, 2.24) is 0 Å². The van der Waals surface area contributed by atoms with E-state index in [-0.39, 0.29) is 36.0 Å². The predicted octanol–water partition coefficient (Wildman–Crippen LogP) is 5.10. The maximum Gasteiger partial charge on any atom is 0.268 e. The molecule has 3 aliphatic rings. The van der Waals surface area contributed by atoms with Gasteiger partial charge in [-0.3, -0.25) is 14.5 Å². The minimum atomic E-state index is -2.27. The first kappa shape index (κ1) is 27.7. The van der Waals surface area contributed by atoms with Crippen molar-refractivity contribution in [3.05, 3.63) is 78.4 Å². The summed E-state index contributed by atoms with van der Waals surface area (Å²) in [4.78, 5) is 31.1. The topological polar surface area (TPSA) is 79.3 Å². The molecule has 41 heavy (non-hydrogen) atoms. The predicted molar refractivity (Wildman–Crippen MR) is 163 cm³/mol. The Hall–Kier alpha value is -3.46. The van der Waals surface area contributed by atoms with E-state index in [0.717, 1.165) is 34.8 Å². The highest BCUT2D eigenvalue weighted by Gasteiger charge is 2.66. The number of nitrogens with zero attached hydrogens (tertiary/aromatic N) is 2. The van der Waals surface area contributed by atoms with Crippen molar-refractivity contribution in [2.24, 2.45) is 5.92 Å². The molecule has 7 nitrogen and oxygen atoms in total. The Labute approximate surface area is 242 Å². The number of hydrogen-bond donors (Lipinski definition) is 1. The average Bonchev–Trinajstić information content (AvgIpc) is 3.62. The molecule has 3 aromatic carbocycles. The summed E-state index contributed by atoms with van der Waals surface area (Å²) < 4.78 is 12.4. The number of hydrogen-bond acceptors (Lipinski definition) is 5. The Balaban J connectivity index is 1.51. The number of carbonyl (C=O) groups excluding carboxylic acids is 2. The normalized spacial score (nSPS) is 25.8. The summed E-state index contributed by atoms with van der Waals surface area (Å²) in [6, 6.07) is 23.9. The van der Waals surface area contributed by atoms with Crippen LogP contribution in [0.1, 0.15) is 31.7 Å². The zero-order valence-corrected chi connectivity index (χ0v) is 25.2. The fourth-order valence-corrected chi connectivity index (χ4v) is 11.6. The SMILES string of the molecule is COc1ccc([Si](C)(C)[C@@H]2[C@@H](CCO)O[C@]3(C(=O)N(c4ccccc4)c4ccc(N5CCCC5=O)cc43)[C@H]2C)cc1. The maximum atomic E-state index is 14.8. The van der Waals surface area contributed by atoms with E-state index in [1.165, 1.54) is 5.19 Å². The molecule has 3 aliphatic heterocycles. The molecule has 0 radical (unpaired) electrons. The summed E-state index contributed by atoms with van der Waals surface area (Å²) in [5.41, 5.74) is 2.00. The van der Waals surface area contributed by atoms with Crippen LogP contribution in [0.25, 0.3) is 0 Å². The molecule has 0 unspecified atom stereocenters. The summed E-state index contributed by atoms with van der Waals surface area (Å²) >= 11 is 0. The third-order valence-corrected chi connectivity index (χ3v) is 13.9. The summed E-state index contributed by atoms with van der Waals surface area (Å²) in [5.74, 6) is 0.626. The van der Waals surface area contributed by atoms with Crippen LogP contribution in [0.5, 0.6) is 5.75 Å². The number of anilines is 3. The van der Waals surface area contributed by atoms with Crippen LogP contribution in [0.15, 0.2) is 72.8 Å². The van der Waals surface area contributed by atoms with Gasteiger partial charge in [0, 0.05) is 42.4 Å². The molecule has 4 atom stereocenters. The van der Waals surface area contributed by atoms with E-state index in [2.05, 4.69) is 32.2 Å². The molecule has 2 amide bonds. The molecule has 2 fully saturated rings. The summed E-state index contributed by atoms with van der Waals surface area (Å²) in [5, 5.41) is 11.4. The molecule has 8 heteroatoms. The lowest BCUT2D eigenvalue weighted by Crippen LogP contribution is -2.51. The Morgan fingerprint density at radius 1 is 1.02 bits per heavy atom. The lowest BCUT2D eigenvalue weighted by atomic mass is 9.82. The Morgan fingerprint density at radius 2 is 1.76 bits per heavy atom. The largest absolute Gasteiger partial charge is 0.497 e. The van der Waals surface area contributed by atoms with Crippen molar-refractivity contribution in [2.45, 2.75) is 56.5 Å². The molecular formula is C33H38N2O5Si. The van der Waals surface area contributed by atoms with E-state index >= 15 is 0 Å². The second-order valence-electron chi connectivity index (χ2n) is 12.0. The fraction of sp³-hybridized carbons (Fsp3) is 0.394. The number of amides is 2. The third-order valence-electron chi connectivity index (χ3n) is 9.54. The Bertz CT molecular complexity index is 1460. The zero-order chi connectivity index (χ0) is 28.9. The number of para-hydroxylation sites is 1. The van der Waals surface area contributed by atoms with Crippen LogP contribution < -0.4 is 19.7 Å². The lowest BCUT2D eigenvalue weighted by molar-refractivity contribution is -0.145. The smallest absolute Gasteiger partial charge is 0.268 e. The van der Waals surface area contributed by atoms with Crippen molar-refractivity contribution in [3.8, 4) is 5.75 Å². The quantitative estimate of drug-likeness (QED) is 0.400. The van der Waals surface area contributed by atoms with Crippen LogP contribution in [0, 0.1) is 5.92 Å². The number of aliphatic hydroxyl groups is 1. The van der Waals surface area contributed by atoms with Crippen LogP contribution in [0.2, 0.25) is 18.6 Å². The van der Waals surface area contributed by atoms with Gasteiger partial charge in [0.2, 0.25) is 5.91 Å². The number of methoxy groups -OCH3 is 1. The van der Waals surface area contributed by atoms with Gasteiger partial charge in [0.05, 0.1) is 27.0 Å². The molecular weight excluding hydrogens is 532 g/mol. The molecule has 0 saturated carbocycles. The van der Waals surface area contributed by atoms with Gasteiger partial charge >= 0.3 is 0 Å². The van der Waals surface area contributed by atoms with Crippen molar-refractivity contribution in [2.75, 3.05) is 30.1 Å². The van der Waals surface area contributed by atoms with Crippen LogP contribution in [-0.2, 0) is 19.9 Å². The first-order valence-electron chi connectivity index (χ1n) is 14.5. The first-order chi connectivity index (χ1) is 19.7. The van der Waals surface area contributed by atoms with Gasteiger partial charge in [-0.1, -0.05) is 55.5 Å². The monoisotopic (exact) mass is 570 g/mol. The third kappa shape index (κ3) is 4.23. The van der Waals surface area contributed by atoms with Gasteiger partial charge in [-0.25, -0.2) is 0 Å². The molecule has 0 bridgehead atoms. The van der Waals surface area contributed by atoms with Crippen LogP contribution >= 0.6 is 0 Å². The second kappa shape index (κ2) is 10.4. The van der Waals surface area contributed by atoms with Gasteiger partial charge in [-0.05, 0) is 60.8 Å². The van der Waals surface area contributed by atoms with E-state index in [9.17, 15) is 14.7 Å². The lowest BCUT2D eigenvalue weighted by Gasteiger charge is -2.37. The minimum Gasteiger partial charge on any atom is -0.497 e. The molecule has 3 heterocycles. The van der Waals surface area contributed by atoms with Crippen molar-refractivity contribution >= 4 is 42.1 Å². The van der Waals surface area contributed by atoms with Gasteiger partial charge in [0.25, 0.3) is 5.91 Å². The van der Waals surface area contributed by atoms with E-state index in [0.29, 0.717) is 19.4 Å². The number of ether oxygens (including phenoxy) is 2. The van der Waals surface area contributed by atoms with Gasteiger partial charge in [-0.15, -0.1) is 0 Å². The Kier molecular flexibility index (Phi) is 7.04. The van der Waals surface area contributed by atoms with E-state index in [1.54, 1.807) is 12.0 Å². The highest BCUT2D eigenvalue weighted by atomic mass is 28.3. The summed E-state index contributed by atoms with van der Waals surface area (Å²) in [6.45, 7) is 7.45. The van der Waals surface area contributed by atoms with Gasteiger partial charge in [0.1, 0.15) is 5.75 Å². The highest BCUT2D eigenvalue weighted by Crippen LogP contribution is 2.61. The maximum absolute atomic E-state index is 14.8. The van der Waals surface area contributed by atoms with Gasteiger partial charge in [0.15, 0.2) is 5.60 Å². The van der Waals surface area contributed by atoms with Gasteiger partial charge in [-0.2, -0.15) is 0 Å². The number of benzene rings is 3. The zero-order valence-electron chi connectivity index (χ0n) is 24.2. The second-order valence-corrected chi connectivity index (χ2v) is 16.7. The molecule has 0 aromatic heterocycles. The van der Waals surface area contributed by atoms with Gasteiger partial charge < -0.3 is 19.5 Å². The number of rotatable bonds is 7. The molecule has 6 rings (SSSR count). The van der Waals surface area contributed by atoms with Crippen LogP contribution in [0.4, 0.5) is 17.1 Å². The highest BCUT2D eigenvalue weighted by molar-refractivity contribution is 6.91.